The maximum Gasteiger partial charge on any atom is 0.319 e. The molecule has 0 amide bonds. The summed E-state index contributed by atoms with van der Waals surface area (Å²) in [4.78, 5) is 6.12. The van der Waals surface area contributed by atoms with Gasteiger partial charge in [-0.25, -0.2) is 0 Å². The first-order valence-electron chi connectivity index (χ1n) is 10.2. The SMILES string of the molecule is c1ccc(C2=NO[C@@]3(OC(c4ccccc4)(c4ccccc4)c4ccccc43)S2)cc1. The van der Waals surface area contributed by atoms with Crippen LogP contribution in [-0.4, -0.2) is 5.04 Å². The summed E-state index contributed by atoms with van der Waals surface area (Å²) < 4.78 is 7.02. The maximum absolute atomic E-state index is 7.02. The average Bonchev–Trinajstić information content (AvgIpc) is 3.42. The van der Waals surface area contributed by atoms with Gasteiger partial charge >= 0.3 is 5.12 Å². The third-order valence-electron chi connectivity index (χ3n) is 5.78. The fraction of sp³-hybridized carbons (Fsp3) is 0.0741. The van der Waals surface area contributed by atoms with Crippen LogP contribution in [0.1, 0.15) is 27.8 Å². The van der Waals surface area contributed by atoms with E-state index in [9.17, 15) is 0 Å². The number of hydrogen-bond donors (Lipinski definition) is 0. The number of thioether (sulfide) groups is 1. The molecule has 2 aliphatic rings. The zero-order chi connectivity index (χ0) is 20.7. The number of rotatable bonds is 3. The molecule has 6 rings (SSSR count). The molecule has 0 bridgehead atoms. The second-order valence-electron chi connectivity index (χ2n) is 7.57. The third-order valence-corrected chi connectivity index (χ3v) is 6.93. The molecule has 0 N–H and O–H groups in total. The lowest BCUT2D eigenvalue weighted by atomic mass is 9.80. The molecule has 0 fully saturated rings. The smallest absolute Gasteiger partial charge is 0.319 e. The van der Waals surface area contributed by atoms with Crippen LogP contribution in [-0.2, 0) is 20.3 Å². The predicted octanol–water partition coefficient (Wildman–Crippen LogP) is 6.24. The normalized spacial score (nSPS) is 20.8. The lowest BCUT2D eigenvalue weighted by molar-refractivity contribution is -0.199. The molecule has 4 heteroatoms. The molecular weight excluding hydrogens is 402 g/mol. The van der Waals surface area contributed by atoms with Crippen molar-refractivity contribution in [2.24, 2.45) is 5.16 Å². The van der Waals surface area contributed by atoms with E-state index in [4.69, 9.17) is 9.57 Å². The summed E-state index contributed by atoms with van der Waals surface area (Å²) in [5, 5.41) is 4.21. The van der Waals surface area contributed by atoms with Gasteiger partial charge in [0, 0.05) is 16.7 Å². The zero-order valence-corrected chi connectivity index (χ0v) is 17.5. The minimum absolute atomic E-state index is 0.798. The monoisotopic (exact) mass is 421 g/mol. The van der Waals surface area contributed by atoms with Crippen LogP contribution in [0.4, 0.5) is 0 Å². The van der Waals surface area contributed by atoms with Crippen LogP contribution in [0.3, 0.4) is 0 Å². The lowest BCUT2D eigenvalue weighted by Gasteiger charge is -2.33. The summed E-state index contributed by atoms with van der Waals surface area (Å²) in [5.41, 5.74) is 4.40. The average molecular weight is 422 g/mol. The van der Waals surface area contributed by atoms with Crippen LogP contribution < -0.4 is 0 Å². The summed E-state index contributed by atoms with van der Waals surface area (Å²) in [6.07, 6.45) is 0. The minimum Gasteiger partial charge on any atom is -0.342 e. The van der Waals surface area contributed by atoms with Crippen molar-refractivity contribution in [2.75, 3.05) is 0 Å². The van der Waals surface area contributed by atoms with Gasteiger partial charge in [0.25, 0.3) is 0 Å². The highest BCUT2D eigenvalue weighted by Gasteiger charge is 2.60. The van der Waals surface area contributed by atoms with Gasteiger partial charge in [0.15, 0.2) is 0 Å². The van der Waals surface area contributed by atoms with Crippen LogP contribution in [0, 0.1) is 0 Å². The van der Waals surface area contributed by atoms with Crippen LogP contribution in [0.15, 0.2) is 120 Å². The number of hydrogen-bond acceptors (Lipinski definition) is 4. The van der Waals surface area contributed by atoms with Crippen LogP contribution in [0.25, 0.3) is 0 Å². The fourth-order valence-electron chi connectivity index (χ4n) is 4.41. The van der Waals surface area contributed by atoms with Crippen LogP contribution >= 0.6 is 11.8 Å². The van der Waals surface area contributed by atoms with Gasteiger partial charge < -0.3 is 9.57 Å². The van der Waals surface area contributed by atoms with E-state index in [1.807, 2.05) is 72.8 Å². The summed E-state index contributed by atoms with van der Waals surface area (Å²) in [6, 6.07) is 39.1. The molecule has 150 valence electrons. The maximum atomic E-state index is 7.02. The van der Waals surface area contributed by atoms with Crippen molar-refractivity contribution in [1.82, 2.24) is 0 Å². The van der Waals surface area contributed by atoms with Gasteiger partial charge in [0.05, 0.1) is 0 Å². The summed E-state index contributed by atoms with van der Waals surface area (Å²) in [7, 11) is 0. The molecular formula is C27H19NO2S. The Bertz CT molecular complexity index is 1220. The molecule has 0 unspecified atom stereocenters. The second kappa shape index (κ2) is 7.12. The molecule has 4 aromatic carbocycles. The largest absolute Gasteiger partial charge is 0.342 e. The van der Waals surface area contributed by atoms with E-state index in [1.54, 1.807) is 0 Å². The molecule has 1 atom stereocenters. The van der Waals surface area contributed by atoms with Crippen molar-refractivity contribution < 1.29 is 9.57 Å². The van der Waals surface area contributed by atoms with Gasteiger partial charge in [-0.2, -0.15) is 0 Å². The first kappa shape index (κ1) is 18.4. The first-order chi connectivity index (χ1) is 15.3. The molecule has 0 radical (unpaired) electrons. The van der Waals surface area contributed by atoms with Crippen molar-refractivity contribution in [1.29, 1.82) is 0 Å². The van der Waals surface area contributed by atoms with Gasteiger partial charge in [-0.05, 0) is 22.9 Å². The van der Waals surface area contributed by atoms with Crippen molar-refractivity contribution in [3.8, 4) is 0 Å². The fourth-order valence-corrected chi connectivity index (χ4v) is 5.52. The van der Waals surface area contributed by atoms with E-state index in [-0.39, 0.29) is 0 Å². The van der Waals surface area contributed by atoms with Gasteiger partial charge in [0.2, 0.25) is 0 Å². The summed E-state index contributed by atoms with van der Waals surface area (Å²) in [6.45, 7) is 0. The Labute approximate surface area is 185 Å². The van der Waals surface area contributed by atoms with Gasteiger partial charge in [-0.3, -0.25) is 0 Å². The molecule has 31 heavy (non-hydrogen) atoms. The standard InChI is InChI=1S/C27H19NO2S/c1-4-12-20(13-5-1)25-28-30-27(31-25)24-19-11-10-18-23(24)26(29-27,21-14-6-2-7-15-21)22-16-8-3-9-17-22/h1-19H/t27-/m1/s1. The van der Waals surface area contributed by atoms with Gasteiger partial charge in [-0.1, -0.05) is 120 Å². The van der Waals surface area contributed by atoms with Crippen LogP contribution in [0.5, 0.6) is 0 Å². The van der Waals surface area contributed by atoms with Crippen molar-refractivity contribution >= 4 is 16.8 Å². The van der Waals surface area contributed by atoms with Crippen LogP contribution in [0.2, 0.25) is 0 Å². The highest BCUT2D eigenvalue weighted by Crippen LogP contribution is 2.60. The zero-order valence-electron chi connectivity index (χ0n) is 16.6. The van der Waals surface area contributed by atoms with Crippen molar-refractivity contribution in [3.05, 3.63) is 143 Å². The number of oxime groups is 1. The lowest BCUT2D eigenvalue weighted by Crippen LogP contribution is -2.33. The number of benzene rings is 4. The highest BCUT2D eigenvalue weighted by atomic mass is 32.2. The molecule has 2 aliphatic heterocycles. The number of ether oxygens (including phenoxy) is 1. The molecule has 3 nitrogen and oxygen atoms in total. The van der Waals surface area contributed by atoms with E-state index in [2.05, 4.69) is 47.6 Å². The Kier molecular flexibility index (Phi) is 4.23. The first-order valence-corrected chi connectivity index (χ1v) is 11.1. The Morgan fingerprint density at radius 2 is 1.10 bits per heavy atom. The van der Waals surface area contributed by atoms with Crippen molar-refractivity contribution in [3.63, 3.8) is 0 Å². The van der Waals surface area contributed by atoms with E-state index >= 15 is 0 Å². The van der Waals surface area contributed by atoms with E-state index in [1.165, 1.54) is 11.8 Å². The highest BCUT2D eigenvalue weighted by molar-refractivity contribution is 8.15. The topological polar surface area (TPSA) is 30.8 Å². The molecule has 0 saturated carbocycles. The Morgan fingerprint density at radius 1 is 0.581 bits per heavy atom. The van der Waals surface area contributed by atoms with Gasteiger partial charge in [0.1, 0.15) is 10.6 Å². The second-order valence-corrected chi connectivity index (χ2v) is 8.70. The molecule has 0 aliphatic carbocycles. The quantitative estimate of drug-likeness (QED) is 0.392. The minimum atomic E-state index is -1.05. The molecule has 0 aromatic heterocycles. The predicted molar refractivity (Wildman–Crippen MR) is 124 cm³/mol. The Balaban J connectivity index is 1.54. The molecule has 1 spiro atoms. The molecule has 2 heterocycles. The van der Waals surface area contributed by atoms with Crippen molar-refractivity contribution in [2.45, 2.75) is 10.7 Å². The number of nitrogens with zero attached hydrogens (tertiary/aromatic N) is 1. The van der Waals surface area contributed by atoms with E-state index in [0.29, 0.717) is 0 Å². The Morgan fingerprint density at radius 3 is 1.71 bits per heavy atom. The summed E-state index contributed by atoms with van der Waals surface area (Å²) in [5.74, 6) is 0. The van der Waals surface area contributed by atoms with E-state index in [0.717, 1.165) is 32.9 Å². The molecule has 4 aromatic rings. The molecule has 0 saturated heterocycles. The summed E-state index contributed by atoms with van der Waals surface area (Å²) >= 11 is 1.51. The Hall–Kier alpha value is -3.34. The van der Waals surface area contributed by atoms with Gasteiger partial charge in [-0.15, -0.1) is 0 Å². The van der Waals surface area contributed by atoms with E-state index < -0.39 is 10.7 Å². The third kappa shape index (κ3) is 2.76. The number of fused-ring (bicyclic) bond motifs is 2.